The van der Waals surface area contributed by atoms with Crippen LogP contribution in [0.3, 0.4) is 0 Å². The third-order valence-electron chi connectivity index (χ3n) is 4.79. The van der Waals surface area contributed by atoms with E-state index >= 15 is 0 Å². The van der Waals surface area contributed by atoms with Gasteiger partial charge in [0.25, 0.3) is 5.91 Å². The highest BCUT2D eigenvalue weighted by atomic mass is 35.5. The van der Waals surface area contributed by atoms with Crippen LogP contribution in [0.4, 0.5) is 5.69 Å². The minimum Gasteiger partial charge on any atom is -0.503 e. The van der Waals surface area contributed by atoms with Crippen LogP contribution in [-0.2, 0) is 4.79 Å². The number of ether oxygens (including phenoxy) is 1. The van der Waals surface area contributed by atoms with Gasteiger partial charge in [0.1, 0.15) is 5.75 Å². The van der Waals surface area contributed by atoms with Crippen molar-refractivity contribution in [3.05, 3.63) is 94.6 Å². The van der Waals surface area contributed by atoms with Crippen LogP contribution >= 0.6 is 11.6 Å². The van der Waals surface area contributed by atoms with Crippen LogP contribution in [0.5, 0.6) is 5.75 Å². The van der Waals surface area contributed by atoms with Gasteiger partial charge in [0.15, 0.2) is 11.5 Å². The Morgan fingerprint density at radius 1 is 1.17 bits per heavy atom. The number of furan rings is 1. The Hall–Kier alpha value is -3.51. The van der Waals surface area contributed by atoms with Crippen molar-refractivity contribution in [3.63, 3.8) is 0 Å². The van der Waals surface area contributed by atoms with Gasteiger partial charge in [-0.3, -0.25) is 14.5 Å². The molecule has 1 atom stereocenters. The zero-order valence-corrected chi connectivity index (χ0v) is 16.8. The zero-order chi connectivity index (χ0) is 21.3. The number of carbonyl (C=O) groups is 2. The highest BCUT2D eigenvalue weighted by molar-refractivity contribution is 6.30. The van der Waals surface area contributed by atoms with Crippen molar-refractivity contribution in [3.8, 4) is 5.75 Å². The monoisotopic (exact) mass is 423 g/mol. The molecule has 1 N–H and O–H groups in total. The number of halogens is 1. The van der Waals surface area contributed by atoms with Gasteiger partial charge in [0.05, 0.1) is 24.5 Å². The summed E-state index contributed by atoms with van der Waals surface area (Å²) in [5.74, 6) is -1.23. The maximum absolute atomic E-state index is 13.1. The van der Waals surface area contributed by atoms with Crippen molar-refractivity contribution >= 4 is 29.0 Å². The first kappa shape index (κ1) is 19.8. The first-order valence-electron chi connectivity index (χ1n) is 9.34. The second-order valence-corrected chi connectivity index (χ2v) is 7.06. The van der Waals surface area contributed by atoms with Crippen LogP contribution in [0.15, 0.2) is 82.7 Å². The number of ketones is 1. The smallest absolute Gasteiger partial charge is 0.294 e. The van der Waals surface area contributed by atoms with Crippen LogP contribution in [0.2, 0.25) is 5.02 Å². The number of nitrogens with zero attached hydrogens (tertiary/aromatic N) is 1. The van der Waals surface area contributed by atoms with Gasteiger partial charge < -0.3 is 14.3 Å². The van der Waals surface area contributed by atoms with Gasteiger partial charge in [0.2, 0.25) is 5.78 Å². The number of Topliss-reactive ketones (excluding diaryl/α,β-unsaturated/α-hetero) is 1. The Morgan fingerprint density at radius 3 is 2.60 bits per heavy atom. The molecule has 2 aromatic carbocycles. The molecule has 0 spiro atoms. The Kier molecular flexibility index (Phi) is 5.33. The maximum Gasteiger partial charge on any atom is 0.294 e. The van der Waals surface area contributed by atoms with Crippen molar-refractivity contribution < 1.29 is 23.8 Å². The summed E-state index contributed by atoms with van der Waals surface area (Å²) in [6.45, 7) is 2.33. The number of hydrogen-bond donors (Lipinski definition) is 1. The summed E-state index contributed by atoms with van der Waals surface area (Å²) in [5, 5.41) is 11.2. The van der Waals surface area contributed by atoms with Crippen LogP contribution in [-0.4, -0.2) is 23.4 Å². The number of hydrogen-bond acceptors (Lipinski definition) is 5. The van der Waals surface area contributed by atoms with Gasteiger partial charge in [-0.05, 0) is 61.0 Å². The molecule has 0 bridgehead atoms. The third-order valence-corrected chi connectivity index (χ3v) is 5.04. The summed E-state index contributed by atoms with van der Waals surface area (Å²) in [7, 11) is 0. The van der Waals surface area contributed by atoms with Gasteiger partial charge in [-0.2, -0.15) is 0 Å². The van der Waals surface area contributed by atoms with Gasteiger partial charge in [-0.1, -0.05) is 23.7 Å². The molecule has 3 aromatic rings. The standard InChI is InChI=1S/C23H18ClNO5/c1-2-29-17-6-3-5-14(13-17)20-19(21(26)18-7-4-12-30-18)22(27)23(28)25(20)16-10-8-15(24)9-11-16/h3-13,20,27H,2H2,1H3. The number of benzene rings is 2. The Labute approximate surface area is 177 Å². The lowest BCUT2D eigenvalue weighted by Gasteiger charge is -2.27. The number of aliphatic hydroxyl groups is 1. The second kappa shape index (κ2) is 8.08. The Bertz CT molecular complexity index is 1120. The highest BCUT2D eigenvalue weighted by Gasteiger charge is 2.45. The summed E-state index contributed by atoms with van der Waals surface area (Å²) in [5.41, 5.74) is 1.05. The first-order chi connectivity index (χ1) is 14.5. The molecule has 1 aromatic heterocycles. The Balaban J connectivity index is 1.87. The van der Waals surface area contributed by atoms with E-state index in [9.17, 15) is 14.7 Å². The number of aliphatic hydroxyl groups excluding tert-OH is 1. The number of rotatable bonds is 6. The highest BCUT2D eigenvalue weighted by Crippen LogP contribution is 2.42. The van der Waals surface area contributed by atoms with Crippen molar-refractivity contribution in [1.82, 2.24) is 0 Å². The fraction of sp³-hybridized carbons (Fsp3) is 0.130. The minimum atomic E-state index is -0.864. The molecule has 4 rings (SSSR count). The molecule has 152 valence electrons. The lowest BCUT2D eigenvalue weighted by atomic mass is 9.94. The van der Waals surface area contributed by atoms with E-state index in [1.54, 1.807) is 54.6 Å². The summed E-state index contributed by atoms with van der Waals surface area (Å²) < 4.78 is 10.8. The number of amides is 1. The predicted octanol–water partition coefficient (Wildman–Crippen LogP) is 5.11. The second-order valence-electron chi connectivity index (χ2n) is 6.63. The van der Waals surface area contributed by atoms with Crippen LogP contribution in [0.25, 0.3) is 0 Å². The normalized spacial score (nSPS) is 16.3. The molecule has 6 nitrogen and oxygen atoms in total. The minimum absolute atomic E-state index is 0.0354. The van der Waals surface area contributed by atoms with Crippen LogP contribution in [0.1, 0.15) is 29.1 Å². The summed E-state index contributed by atoms with van der Waals surface area (Å²) in [4.78, 5) is 27.6. The van der Waals surface area contributed by atoms with E-state index in [0.717, 1.165) is 0 Å². The molecule has 0 saturated heterocycles. The maximum atomic E-state index is 13.1. The molecular formula is C23H18ClNO5. The van der Waals surface area contributed by atoms with E-state index in [-0.39, 0.29) is 11.3 Å². The molecule has 30 heavy (non-hydrogen) atoms. The third kappa shape index (κ3) is 3.46. The van der Waals surface area contributed by atoms with Crippen molar-refractivity contribution in [2.75, 3.05) is 11.5 Å². The van der Waals surface area contributed by atoms with E-state index in [1.165, 1.54) is 17.2 Å². The average molecular weight is 424 g/mol. The van der Waals surface area contributed by atoms with E-state index in [2.05, 4.69) is 0 Å². The first-order valence-corrected chi connectivity index (χ1v) is 9.72. The fourth-order valence-electron chi connectivity index (χ4n) is 3.50. The van der Waals surface area contributed by atoms with Crippen LogP contribution < -0.4 is 9.64 Å². The molecule has 1 aliphatic rings. The van der Waals surface area contributed by atoms with Crippen LogP contribution in [0, 0.1) is 0 Å². The van der Waals surface area contributed by atoms with E-state index in [4.69, 9.17) is 20.8 Å². The molecule has 1 unspecified atom stereocenters. The molecule has 7 heteroatoms. The van der Waals surface area contributed by atoms with E-state index in [0.29, 0.717) is 28.6 Å². The van der Waals surface area contributed by atoms with Crippen molar-refractivity contribution in [1.29, 1.82) is 0 Å². The number of carbonyl (C=O) groups excluding carboxylic acids is 2. The largest absolute Gasteiger partial charge is 0.503 e. The SMILES string of the molecule is CCOc1cccc(C2C(C(=O)c3ccco3)=C(O)C(=O)N2c2ccc(Cl)cc2)c1. The topological polar surface area (TPSA) is 80.0 Å². The van der Waals surface area contributed by atoms with Gasteiger partial charge in [-0.15, -0.1) is 0 Å². The van der Waals surface area contributed by atoms with E-state index < -0.39 is 23.5 Å². The summed E-state index contributed by atoms with van der Waals surface area (Å²) in [6, 6.07) is 15.9. The summed E-state index contributed by atoms with van der Waals surface area (Å²) >= 11 is 5.99. The molecule has 0 radical (unpaired) electrons. The molecule has 2 heterocycles. The van der Waals surface area contributed by atoms with Gasteiger partial charge >= 0.3 is 0 Å². The summed E-state index contributed by atoms with van der Waals surface area (Å²) in [6.07, 6.45) is 1.36. The zero-order valence-electron chi connectivity index (χ0n) is 16.0. The van der Waals surface area contributed by atoms with Gasteiger partial charge in [0, 0.05) is 10.7 Å². The van der Waals surface area contributed by atoms with E-state index in [1.807, 2.05) is 6.92 Å². The molecular weight excluding hydrogens is 406 g/mol. The Morgan fingerprint density at radius 2 is 1.93 bits per heavy atom. The number of anilines is 1. The van der Waals surface area contributed by atoms with Gasteiger partial charge in [-0.25, -0.2) is 0 Å². The fourth-order valence-corrected chi connectivity index (χ4v) is 3.63. The lowest BCUT2D eigenvalue weighted by molar-refractivity contribution is -0.117. The van der Waals surface area contributed by atoms with Crippen molar-refractivity contribution in [2.24, 2.45) is 0 Å². The molecule has 1 amide bonds. The quantitative estimate of drug-likeness (QED) is 0.557. The molecule has 0 aliphatic carbocycles. The molecule has 1 aliphatic heterocycles. The molecule has 0 saturated carbocycles. The average Bonchev–Trinajstić information content (AvgIpc) is 3.37. The predicted molar refractivity (Wildman–Crippen MR) is 112 cm³/mol. The lowest BCUT2D eigenvalue weighted by Crippen LogP contribution is -2.31. The van der Waals surface area contributed by atoms with Crippen molar-refractivity contribution in [2.45, 2.75) is 13.0 Å². The molecule has 0 fully saturated rings.